The molecule has 0 unspecified atom stereocenters. The Morgan fingerprint density at radius 1 is 1.44 bits per heavy atom. The molecule has 0 radical (unpaired) electrons. The SMILES string of the molecule is Cc1[c-][nH]cc1.[I-].[I-].[Rh+3]. The smallest absolute Gasteiger partial charge is 1.00 e. The molecule has 4 heteroatoms. The van der Waals surface area contributed by atoms with Crippen molar-refractivity contribution in [2.75, 3.05) is 0 Å². The minimum Gasteiger partial charge on any atom is -1.00 e. The van der Waals surface area contributed by atoms with Crippen LogP contribution >= 0.6 is 0 Å². The van der Waals surface area contributed by atoms with Gasteiger partial charge in [0.05, 0.1) is 0 Å². The van der Waals surface area contributed by atoms with Crippen LogP contribution < -0.4 is 48.0 Å². The average Bonchev–Trinajstić information content (AvgIpc) is 1.86. The molecule has 9 heavy (non-hydrogen) atoms. The van der Waals surface area contributed by atoms with Gasteiger partial charge in [-0.2, -0.15) is 17.8 Å². The van der Waals surface area contributed by atoms with E-state index in [0.29, 0.717) is 0 Å². The molecular formula is C5H6I2NRh. The molecule has 1 N–H and O–H groups in total. The van der Waals surface area contributed by atoms with Gasteiger partial charge in [-0.3, -0.25) is 0 Å². The number of aryl methyl sites for hydroxylation is 1. The molecule has 0 bridgehead atoms. The molecule has 1 rings (SSSR count). The van der Waals surface area contributed by atoms with E-state index in [-0.39, 0.29) is 67.4 Å². The first-order chi connectivity index (χ1) is 2.89. The number of nitrogens with one attached hydrogen (secondary N) is 1. The van der Waals surface area contributed by atoms with Gasteiger partial charge in [0.25, 0.3) is 0 Å². The molecule has 1 aromatic rings. The quantitative estimate of drug-likeness (QED) is 0.239. The van der Waals surface area contributed by atoms with Crippen LogP contribution in [0.5, 0.6) is 0 Å². The van der Waals surface area contributed by atoms with Crippen LogP contribution in [0, 0.1) is 13.1 Å². The topological polar surface area (TPSA) is 15.8 Å². The fourth-order valence-electron chi connectivity index (χ4n) is 0.364. The molecule has 0 saturated carbocycles. The zero-order valence-corrected chi connectivity index (χ0v) is 10.7. The van der Waals surface area contributed by atoms with Crippen molar-refractivity contribution in [2.45, 2.75) is 6.92 Å². The van der Waals surface area contributed by atoms with E-state index < -0.39 is 0 Å². The summed E-state index contributed by atoms with van der Waals surface area (Å²) in [5.41, 5.74) is 1.16. The number of halogens is 2. The Hall–Kier alpha value is 1.36. The second kappa shape index (κ2) is 9.36. The molecule has 0 aliphatic rings. The van der Waals surface area contributed by atoms with E-state index in [1.807, 2.05) is 19.2 Å². The van der Waals surface area contributed by atoms with Crippen LogP contribution in [0.4, 0.5) is 0 Å². The van der Waals surface area contributed by atoms with Crippen molar-refractivity contribution < 1.29 is 67.4 Å². The van der Waals surface area contributed by atoms with Crippen molar-refractivity contribution in [1.82, 2.24) is 4.98 Å². The summed E-state index contributed by atoms with van der Waals surface area (Å²) in [7, 11) is 0. The minimum absolute atomic E-state index is 0. The zero-order valence-electron chi connectivity index (χ0n) is 4.74. The van der Waals surface area contributed by atoms with Gasteiger partial charge in [-0.25, -0.2) is 0 Å². The number of H-pyrrole nitrogens is 1. The summed E-state index contributed by atoms with van der Waals surface area (Å²) in [5, 5.41) is 0. The van der Waals surface area contributed by atoms with Crippen LogP contribution in [0.15, 0.2) is 12.3 Å². The molecule has 0 aliphatic carbocycles. The number of hydrogen-bond acceptors (Lipinski definition) is 0. The van der Waals surface area contributed by atoms with E-state index in [0.717, 1.165) is 5.56 Å². The molecule has 0 amide bonds. The normalized spacial score (nSPS) is 5.89. The van der Waals surface area contributed by atoms with E-state index in [4.69, 9.17) is 0 Å². The van der Waals surface area contributed by atoms with Crippen LogP contribution in [-0.2, 0) is 19.5 Å². The van der Waals surface area contributed by atoms with Gasteiger partial charge in [0.2, 0.25) is 0 Å². The Bertz CT molecular complexity index is 119. The van der Waals surface area contributed by atoms with Crippen molar-refractivity contribution in [1.29, 1.82) is 0 Å². The molecule has 0 aliphatic heterocycles. The van der Waals surface area contributed by atoms with Gasteiger partial charge in [-0.15, -0.1) is 6.20 Å². The summed E-state index contributed by atoms with van der Waals surface area (Å²) in [6, 6.07) is 1.97. The average molecular weight is 437 g/mol. The number of hydrogen-bond donors (Lipinski definition) is 1. The van der Waals surface area contributed by atoms with Crippen molar-refractivity contribution in [3.63, 3.8) is 0 Å². The van der Waals surface area contributed by atoms with Gasteiger partial charge in [-0.05, 0) is 0 Å². The molecule has 0 fully saturated rings. The predicted molar refractivity (Wildman–Crippen MR) is 24.4 cm³/mol. The fraction of sp³-hybridized carbons (Fsp3) is 0.200. The molecule has 0 saturated heterocycles. The van der Waals surface area contributed by atoms with Crippen molar-refractivity contribution >= 4 is 0 Å². The van der Waals surface area contributed by atoms with E-state index in [1.165, 1.54) is 0 Å². The maximum Gasteiger partial charge on any atom is 3.00 e. The summed E-state index contributed by atoms with van der Waals surface area (Å²) in [5.74, 6) is 0. The van der Waals surface area contributed by atoms with Gasteiger partial charge in [-0.1, -0.05) is 6.92 Å². The maximum atomic E-state index is 2.88. The summed E-state index contributed by atoms with van der Waals surface area (Å²) >= 11 is 0. The first-order valence-electron chi connectivity index (χ1n) is 1.91. The third-order valence-electron chi connectivity index (χ3n) is 0.686. The standard InChI is InChI=1S/C5H6N.2HI.Rh/c1-5-2-3-6-4-5;;;/h2-3,6H,1H3;2*1H;/q-1;;;+3/p-2. The third kappa shape index (κ3) is 7.26. The Labute approximate surface area is 102 Å². The second-order valence-corrected chi connectivity index (χ2v) is 1.29. The van der Waals surface area contributed by atoms with Crippen LogP contribution in [0.2, 0.25) is 0 Å². The van der Waals surface area contributed by atoms with Gasteiger partial charge in [0, 0.05) is 0 Å². The first-order valence-corrected chi connectivity index (χ1v) is 1.91. The van der Waals surface area contributed by atoms with Gasteiger partial charge in [0.1, 0.15) is 0 Å². The summed E-state index contributed by atoms with van der Waals surface area (Å²) in [6.45, 7) is 2.00. The van der Waals surface area contributed by atoms with Crippen molar-refractivity contribution in [2.24, 2.45) is 0 Å². The van der Waals surface area contributed by atoms with E-state index in [9.17, 15) is 0 Å². The Morgan fingerprint density at radius 3 is 2.11 bits per heavy atom. The van der Waals surface area contributed by atoms with Gasteiger partial charge < -0.3 is 52.9 Å². The first kappa shape index (κ1) is 16.8. The van der Waals surface area contributed by atoms with Gasteiger partial charge >= 0.3 is 19.5 Å². The molecule has 0 spiro atoms. The summed E-state index contributed by atoms with van der Waals surface area (Å²) in [4.78, 5) is 2.80. The largest absolute Gasteiger partial charge is 3.00 e. The Balaban J connectivity index is -0.000000120. The van der Waals surface area contributed by atoms with Crippen LogP contribution in [-0.4, -0.2) is 4.98 Å². The Kier molecular flexibility index (Phi) is 17.4. The molecule has 0 atom stereocenters. The second-order valence-electron chi connectivity index (χ2n) is 1.29. The predicted octanol–water partition coefficient (Wildman–Crippen LogP) is -4.87. The van der Waals surface area contributed by atoms with Crippen molar-refractivity contribution in [3.8, 4) is 0 Å². The Morgan fingerprint density at radius 2 is 2.00 bits per heavy atom. The van der Waals surface area contributed by atoms with E-state index >= 15 is 0 Å². The summed E-state index contributed by atoms with van der Waals surface area (Å²) in [6.07, 6.45) is 4.73. The van der Waals surface area contributed by atoms with E-state index in [2.05, 4.69) is 11.2 Å². The molecular weight excluding hydrogens is 431 g/mol. The molecule has 1 aromatic heterocycles. The van der Waals surface area contributed by atoms with Crippen molar-refractivity contribution in [3.05, 3.63) is 24.0 Å². The molecule has 54 valence electrons. The van der Waals surface area contributed by atoms with Crippen LogP contribution in [0.1, 0.15) is 5.56 Å². The maximum absolute atomic E-state index is 2.88. The number of aromatic amines is 1. The fourth-order valence-corrected chi connectivity index (χ4v) is 0.364. The third-order valence-corrected chi connectivity index (χ3v) is 0.686. The molecule has 1 nitrogen and oxygen atoms in total. The molecule has 1 heterocycles. The summed E-state index contributed by atoms with van der Waals surface area (Å²) < 4.78 is 0. The van der Waals surface area contributed by atoms with Gasteiger partial charge in [0.15, 0.2) is 0 Å². The van der Waals surface area contributed by atoms with E-state index in [1.54, 1.807) is 0 Å². The van der Waals surface area contributed by atoms with Crippen LogP contribution in [0.25, 0.3) is 0 Å². The zero-order chi connectivity index (χ0) is 4.41. The number of rotatable bonds is 0. The minimum atomic E-state index is 0. The number of aromatic nitrogens is 1. The van der Waals surface area contributed by atoms with Crippen LogP contribution in [0.3, 0.4) is 0 Å². The molecule has 0 aromatic carbocycles. The monoisotopic (exact) mass is 437 g/mol.